The molecule has 1 aromatic heterocycles. The van der Waals surface area contributed by atoms with Crippen molar-refractivity contribution >= 4 is 11.8 Å². The van der Waals surface area contributed by atoms with Gasteiger partial charge in [0, 0.05) is 12.1 Å². The molecule has 1 aliphatic carbocycles. The number of thioether (sulfide) groups is 1. The van der Waals surface area contributed by atoms with Crippen LogP contribution >= 0.6 is 11.8 Å². The highest BCUT2D eigenvalue weighted by Gasteiger charge is 2.49. The van der Waals surface area contributed by atoms with Gasteiger partial charge in [0.25, 0.3) is 0 Å². The van der Waals surface area contributed by atoms with E-state index in [1.165, 1.54) is 42.7 Å². The first-order chi connectivity index (χ1) is 9.88. The number of ether oxygens (including phenoxy) is 1. The Kier molecular flexibility index (Phi) is 3.03. The summed E-state index contributed by atoms with van der Waals surface area (Å²) in [6.07, 6.45) is 8.56. The van der Waals surface area contributed by atoms with Crippen molar-refractivity contribution in [3.63, 3.8) is 0 Å². The van der Waals surface area contributed by atoms with Crippen molar-refractivity contribution in [2.24, 2.45) is 5.92 Å². The summed E-state index contributed by atoms with van der Waals surface area (Å²) in [5.41, 5.74) is 1.21. The average Bonchev–Trinajstić information content (AvgIpc) is 3.16. The van der Waals surface area contributed by atoms with E-state index in [0.29, 0.717) is 5.92 Å². The summed E-state index contributed by atoms with van der Waals surface area (Å²) in [7, 11) is 0. The second-order valence-corrected chi connectivity index (χ2v) is 6.99. The lowest BCUT2D eigenvalue weighted by Crippen LogP contribution is -2.37. The average molecular weight is 285 g/mol. The fourth-order valence-corrected chi connectivity index (χ4v) is 4.95. The summed E-state index contributed by atoms with van der Waals surface area (Å²) in [5.74, 6) is 1.63. The fraction of sp³-hybridized carbons (Fsp3) is 0.412. The summed E-state index contributed by atoms with van der Waals surface area (Å²) in [6, 6.07) is 12.7. The van der Waals surface area contributed by atoms with Crippen LogP contribution in [0.2, 0.25) is 0 Å². The van der Waals surface area contributed by atoms with Crippen LogP contribution < -0.4 is 4.74 Å². The number of aromatic amines is 1. The molecule has 0 saturated heterocycles. The normalized spacial score (nSPS) is 26.2. The minimum absolute atomic E-state index is 0.242. The predicted molar refractivity (Wildman–Crippen MR) is 82.0 cm³/mol. The second kappa shape index (κ2) is 4.88. The van der Waals surface area contributed by atoms with E-state index in [9.17, 15) is 0 Å². The van der Waals surface area contributed by atoms with Gasteiger partial charge in [-0.1, -0.05) is 43.2 Å². The van der Waals surface area contributed by atoms with E-state index in [0.717, 1.165) is 5.75 Å². The van der Waals surface area contributed by atoms with Crippen molar-refractivity contribution in [2.75, 3.05) is 0 Å². The van der Waals surface area contributed by atoms with E-state index in [1.54, 1.807) is 0 Å². The lowest BCUT2D eigenvalue weighted by Gasteiger charge is -2.37. The summed E-state index contributed by atoms with van der Waals surface area (Å²) >= 11 is 1.89. The number of rotatable bonds is 2. The maximum atomic E-state index is 6.51. The first-order valence-corrected chi connectivity index (χ1v) is 8.31. The molecule has 1 saturated carbocycles. The Morgan fingerprint density at radius 3 is 2.65 bits per heavy atom. The number of nitrogens with one attached hydrogen (secondary N) is 1. The van der Waals surface area contributed by atoms with Crippen LogP contribution in [0.1, 0.15) is 37.8 Å². The Bertz CT molecular complexity index is 562. The van der Waals surface area contributed by atoms with Gasteiger partial charge in [0.2, 0.25) is 4.93 Å². The van der Waals surface area contributed by atoms with Gasteiger partial charge in [0.1, 0.15) is 5.75 Å². The molecule has 2 aliphatic rings. The Labute approximate surface area is 123 Å². The minimum atomic E-state index is -0.242. The first-order valence-electron chi connectivity index (χ1n) is 7.49. The number of para-hydroxylation sites is 1. The number of hydrogen-bond donors (Lipinski definition) is 1. The van der Waals surface area contributed by atoms with Gasteiger partial charge >= 0.3 is 0 Å². The number of aromatic nitrogens is 1. The molecule has 0 bridgehead atoms. The molecule has 0 radical (unpaired) electrons. The van der Waals surface area contributed by atoms with Crippen molar-refractivity contribution in [1.29, 1.82) is 0 Å². The number of benzene rings is 1. The van der Waals surface area contributed by atoms with Crippen LogP contribution in [-0.4, -0.2) is 4.98 Å². The van der Waals surface area contributed by atoms with Crippen LogP contribution in [0.25, 0.3) is 0 Å². The molecule has 3 heteroatoms. The van der Waals surface area contributed by atoms with E-state index in [2.05, 4.69) is 41.4 Å². The Balaban J connectivity index is 1.76. The van der Waals surface area contributed by atoms with Crippen molar-refractivity contribution in [3.05, 3.63) is 48.3 Å². The summed E-state index contributed by atoms with van der Waals surface area (Å²) < 4.78 is 6.51. The molecule has 1 atom stereocenters. The Morgan fingerprint density at radius 2 is 1.90 bits per heavy atom. The van der Waals surface area contributed by atoms with Gasteiger partial charge in [0.15, 0.2) is 0 Å². The largest absolute Gasteiger partial charge is 0.469 e. The number of hydrogen-bond acceptors (Lipinski definition) is 2. The molecule has 1 fully saturated rings. The Morgan fingerprint density at radius 1 is 1.05 bits per heavy atom. The van der Waals surface area contributed by atoms with Crippen molar-refractivity contribution < 1.29 is 4.74 Å². The first kappa shape index (κ1) is 12.4. The van der Waals surface area contributed by atoms with Crippen LogP contribution in [-0.2, 0) is 4.93 Å². The highest BCUT2D eigenvalue weighted by Crippen LogP contribution is 2.58. The fourth-order valence-electron chi connectivity index (χ4n) is 3.49. The molecule has 104 valence electrons. The lowest BCUT2D eigenvalue weighted by atomic mass is 9.83. The van der Waals surface area contributed by atoms with Gasteiger partial charge in [-0.3, -0.25) is 0 Å². The van der Waals surface area contributed by atoms with Gasteiger partial charge in [-0.2, -0.15) is 0 Å². The zero-order chi connectivity index (χ0) is 13.4. The SMILES string of the molecule is c1c[nH]c(C2(C3CCCCC3)Oc3ccccc3S2)c1. The second-order valence-electron chi connectivity index (χ2n) is 5.74. The Hall–Kier alpha value is -1.35. The zero-order valence-corrected chi connectivity index (χ0v) is 12.3. The summed E-state index contributed by atoms with van der Waals surface area (Å²) in [5, 5.41) is 0. The standard InChI is InChI=1S/C17H19NOS/c1-2-7-13(8-3-1)17(16-11-6-12-18-16)19-14-9-4-5-10-15(14)20-17/h4-6,9-13,18H,1-3,7-8H2. The third-order valence-corrected chi connectivity index (χ3v) is 5.99. The molecule has 2 nitrogen and oxygen atoms in total. The van der Waals surface area contributed by atoms with Gasteiger partial charge in [-0.15, -0.1) is 0 Å². The molecule has 1 unspecified atom stereocenters. The molecule has 0 amide bonds. The zero-order valence-electron chi connectivity index (χ0n) is 11.5. The van der Waals surface area contributed by atoms with Gasteiger partial charge < -0.3 is 9.72 Å². The molecule has 2 aromatic rings. The van der Waals surface area contributed by atoms with Crippen molar-refractivity contribution in [3.8, 4) is 5.75 Å². The van der Waals surface area contributed by atoms with Crippen LogP contribution in [0.15, 0.2) is 47.5 Å². The highest BCUT2D eigenvalue weighted by atomic mass is 32.2. The molecular weight excluding hydrogens is 266 g/mol. The number of H-pyrrole nitrogens is 1. The predicted octanol–water partition coefficient (Wildman–Crippen LogP) is 4.93. The van der Waals surface area contributed by atoms with Gasteiger partial charge in [-0.05, 0) is 37.1 Å². The lowest BCUT2D eigenvalue weighted by molar-refractivity contribution is 0.0759. The molecule has 2 heterocycles. The van der Waals surface area contributed by atoms with Gasteiger partial charge in [0.05, 0.1) is 10.6 Å². The summed E-state index contributed by atoms with van der Waals surface area (Å²) in [4.78, 5) is 4.43. The highest BCUT2D eigenvalue weighted by molar-refractivity contribution is 8.00. The quantitative estimate of drug-likeness (QED) is 0.846. The van der Waals surface area contributed by atoms with Crippen molar-refractivity contribution in [2.45, 2.75) is 41.9 Å². The number of fused-ring (bicyclic) bond motifs is 1. The van der Waals surface area contributed by atoms with E-state index in [4.69, 9.17) is 4.74 Å². The molecule has 0 spiro atoms. The third-order valence-electron chi connectivity index (χ3n) is 4.49. The van der Waals surface area contributed by atoms with Crippen LogP contribution in [0.5, 0.6) is 5.75 Å². The van der Waals surface area contributed by atoms with E-state index in [-0.39, 0.29) is 4.93 Å². The van der Waals surface area contributed by atoms with E-state index < -0.39 is 0 Å². The minimum Gasteiger partial charge on any atom is -0.469 e. The molecule has 1 aromatic carbocycles. The van der Waals surface area contributed by atoms with Crippen LogP contribution in [0.4, 0.5) is 0 Å². The maximum Gasteiger partial charge on any atom is 0.202 e. The monoisotopic (exact) mass is 285 g/mol. The van der Waals surface area contributed by atoms with Crippen LogP contribution in [0.3, 0.4) is 0 Å². The van der Waals surface area contributed by atoms with Crippen LogP contribution in [0, 0.1) is 5.92 Å². The molecule has 20 heavy (non-hydrogen) atoms. The maximum absolute atomic E-state index is 6.51. The molecular formula is C17H19NOS. The molecule has 1 aliphatic heterocycles. The van der Waals surface area contributed by atoms with Crippen molar-refractivity contribution in [1.82, 2.24) is 4.98 Å². The van der Waals surface area contributed by atoms with E-state index >= 15 is 0 Å². The third kappa shape index (κ3) is 1.87. The topological polar surface area (TPSA) is 25.0 Å². The molecule has 4 rings (SSSR count). The molecule has 1 N–H and O–H groups in total. The van der Waals surface area contributed by atoms with E-state index in [1.807, 2.05) is 18.0 Å². The van der Waals surface area contributed by atoms with Gasteiger partial charge in [-0.25, -0.2) is 0 Å². The summed E-state index contributed by atoms with van der Waals surface area (Å²) in [6.45, 7) is 0. The smallest absolute Gasteiger partial charge is 0.202 e.